The highest BCUT2D eigenvalue weighted by molar-refractivity contribution is 9.10. The van der Waals surface area contributed by atoms with Gasteiger partial charge in [0.2, 0.25) is 0 Å². The minimum Gasteiger partial charge on any atom is -0.309 e. The molecule has 11 aromatic rings. The average molecular weight is 815 g/mol. The summed E-state index contributed by atoms with van der Waals surface area (Å²) in [5.74, 6) is 0. The Labute approximate surface area is 351 Å². The first kappa shape index (κ1) is 34.1. The second-order valence-corrected chi connectivity index (χ2v) is 16.6. The first-order valence-electron chi connectivity index (χ1n) is 20.3. The molecule has 0 fully saturated rings. The van der Waals surface area contributed by atoms with Crippen molar-refractivity contribution < 1.29 is 0 Å². The lowest BCUT2D eigenvalue weighted by Gasteiger charge is -2.34. The Balaban J connectivity index is 1.19. The number of fused-ring (bicyclic) bond motifs is 10. The summed E-state index contributed by atoms with van der Waals surface area (Å²) in [5, 5.41) is 7.56. The van der Waals surface area contributed by atoms with Crippen molar-refractivity contribution >= 4 is 59.3 Å². The van der Waals surface area contributed by atoms with Crippen LogP contribution in [0.2, 0.25) is 0 Å². The summed E-state index contributed by atoms with van der Waals surface area (Å²) >= 11 is 3.72. The van der Waals surface area contributed by atoms with Gasteiger partial charge in [-0.2, -0.15) is 0 Å². The molecule has 1 heterocycles. The fraction of sp³-hybridized carbons (Fsp3) is 0.0175. The van der Waals surface area contributed by atoms with Crippen molar-refractivity contribution in [2.75, 3.05) is 0 Å². The maximum Gasteiger partial charge on any atom is 0.0714 e. The fourth-order valence-electron chi connectivity index (χ4n) is 10.3. The van der Waals surface area contributed by atoms with Gasteiger partial charge in [0.05, 0.1) is 16.4 Å². The molecule has 0 saturated heterocycles. The van der Waals surface area contributed by atoms with Crippen molar-refractivity contribution in [1.29, 1.82) is 0 Å². The van der Waals surface area contributed by atoms with Gasteiger partial charge in [-0.25, -0.2) is 0 Å². The standard InChI is InChI=1S/C57H36BrN/c58-43-21-13-16-39(34-43)45-22-11-12-23-46(45)40-26-30-50-54(35-40)59(53-33-28-38-15-8-10-25-48(38)56(50)53)44-29-31-49-52(36-44)57(41-17-3-1-4-18-41,42-19-5-2-6-20-42)51-32-27-37-14-7-9-24-47(37)55(49)51/h1-36H. The maximum atomic E-state index is 3.72. The van der Waals surface area contributed by atoms with Gasteiger partial charge in [0.15, 0.2) is 0 Å². The van der Waals surface area contributed by atoms with Gasteiger partial charge in [-0.15, -0.1) is 0 Å². The molecule has 0 spiro atoms. The SMILES string of the molecule is Brc1cccc(-c2ccccc2-c2ccc3c4c5ccccc5ccc4n(-c4ccc5c(c4)C(c4ccccc4)(c4ccccc4)c4ccc6ccccc6c4-5)c3c2)c1. The molecule has 0 saturated carbocycles. The van der Waals surface area contributed by atoms with Gasteiger partial charge in [-0.05, 0) is 114 Å². The lowest BCUT2D eigenvalue weighted by Crippen LogP contribution is -2.28. The van der Waals surface area contributed by atoms with Crippen LogP contribution in [0.25, 0.3) is 82.4 Å². The smallest absolute Gasteiger partial charge is 0.0714 e. The number of rotatable bonds is 5. The fourth-order valence-corrected chi connectivity index (χ4v) is 10.7. The predicted octanol–water partition coefficient (Wildman–Crippen LogP) is 15.5. The highest BCUT2D eigenvalue weighted by Gasteiger charge is 2.47. The average Bonchev–Trinajstić information content (AvgIpc) is 3.80. The van der Waals surface area contributed by atoms with Crippen LogP contribution in [0.5, 0.6) is 0 Å². The summed E-state index contributed by atoms with van der Waals surface area (Å²) in [7, 11) is 0. The Morgan fingerprint density at radius 1 is 0.373 bits per heavy atom. The molecule has 2 heteroatoms. The molecular formula is C57H36BrN. The predicted molar refractivity (Wildman–Crippen MR) is 252 cm³/mol. The van der Waals surface area contributed by atoms with Crippen molar-refractivity contribution in [2.24, 2.45) is 0 Å². The van der Waals surface area contributed by atoms with Crippen LogP contribution in [0.15, 0.2) is 223 Å². The third-order valence-corrected chi connectivity index (χ3v) is 13.2. The van der Waals surface area contributed by atoms with Crippen LogP contribution < -0.4 is 0 Å². The van der Waals surface area contributed by atoms with E-state index in [4.69, 9.17) is 0 Å². The number of aromatic nitrogens is 1. The molecule has 1 aromatic heterocycles. The third kappa shape index (κ3) is 5.03. The molecule has 0 amide bonds. The molecule has 0 radical (unpaired) electrons. The van der Waals surface area contributed by atoms with Gasteiger partial charge in [-0.3, -0.25) is 0 Å². The van der Waals surface area contributed by atoms with Crippen LogP contribution in [-0.4, -0.2) is 4.57 Å². The van der Waals surface area contributed by atoms with Crippen LogP contribution in [0.1, 0.15) is 22.3 Å². The first-order chi connectivity index (χ1) is 29.2. The molecular weight excluding hydrogens is 779 g/mol. The molecule has 276 valence electrons. The quantitative estimate of drug-likeness (QED) is 0.163. The summed E-state index contributed by atoms with van der Waals surface area (Å²) in [6, 6.07) is 81.0. The largest absolute Gasteiger partial charge is 0.309 e. The van der Waals surface area contributed by atoms with E-state index < -0.39 is 5.41 Å². The third-order valence-electron chi connectivity index (χ3n) is 12.7. The normalized spacial score (nSPS) is 13.0. The number of nitrogens with zero attached hydrogens (tertiary/aromatic N) is 1. The number of benzene rings is 10. The van der Waals surface area contributed by atoms with Crippen molar-refractivity contribution in [1.82, 2.24) is 4.57 Å². The molecule has 59 heavy (non-hydrogen) atoms. The zero-order valence-electron chi connectivity index (χ0n) is 32.1. The van der Waals surface area contributed by atoms with Gasteiger partial charge in [0.25, 0.3) is 0 Å². The second-order valence-electron chi connectivity index (χ2n) is 15.7. The molecule has 1 aliphatic rings. The molecule has 0 bridgehead atoms. The van der Waals surface area contributed by atoms with E-state index >= 15 is 0 Å². The molecule has 12 rings (SSSR count). The summed E-state index contributed by atoms with van der Waals surface area (Å²) in [5.41, 5.74) is 15.5. The van der Waals surface area contributed by atoms with Gasteiger partial charge in [-0.1, -0.05) is 198 Å². The minimum atomic E-state index is -0.535. The van der Waals surface area contributed by atoms with E-state index in [-0.39, 0.29) is 0 Å². The zero-order chi connectivity index (χ0) is 39.1. The summed E-state index contributed by atoms with van der Waals surface area (Å²) in [6.45, 7) is 0. The Bertz CT molecular complexity index is 3410. The molecule has 0 N–H and O–H groups in total. The Kier molecular flexibility index (Phi) is 7.67. The van der Waals surface area contributed by atoms with Gasteiger partial charge >= 0.3 is 0 Å². The monoisotopic (exact) mass is 813 g/mol. The molecule has 0 aliphatic heterocycles. The van der Waals surface area contributed by atoms with Gasteiger partial charge in [0.1, 0.15) is 0 Å². The van der Waals surface area contributed by atoms with Crippen molar-refractivity contribution in [3.05, 3.63) is 245 Å². The lowest BCUT2D eigenvalue weighted by atomic mass is 9.67. The van der Waals surface area contributed by atoms with Crippen LogP contribution in [-0.2, 0) is 5.41 Å². The zero-order valence-corrected chi connectivity index (χ0v) is 33.7. The van der Waals surface area contributed by atoms with Gasteiger partial charge < -0.3 is 4.57 Å². The van der Waals surface area contributed by atoms with E-state index in [1.807, 2.05) is 0 Å². The van der Waals surface area contributed by atoms with Crippen molar-refractivity contribution in [3.63, 3.8) is 0 Å². The summed E-state index contributed by atoms with van der Waals surface area (Å²) < 4.78 is 3.59. The van der Waals surface area contributed by atoms with E-state index in [0.29, 0.717) is 0 Å². The molecule has 0 unspecified atom stereocenters. The Morgan fingerprint density at radius 3 is 1.73 bits per heavy atom. The highest BCUT2D eigenvalue weighted by atomic mass is 79.9. The first-order valence-corrected chi connectivity index (χ1v) is 21.1. The lowest BCUT2D eigenvalue weighted by molar-refractivity contribution is 0.768. The Morgan fingerprint density at radius 2 is 1.00 bits per heavy atom. The van der Waals surface area contributed by atoms with E-state index in [1.165, 1.54) is 99.0 Å². The molecule has 1 aliphatic carbocycles. The van der Waals surface area contributed by atoms with Crippen LogP contribution >= 0.6 is 15.9 Å². The van der Waals surface area contributed by atoms with Crippen molar-refractivity contribution in [2.45, 2.75) is 5.41 Å². The van der Waals surface area contributed by atoms with E-state index in [2.05, 4.69) is 239 Å². The number of hydrogen-bond acceptors (Lipinski definition) is 0. The molecule has 1 nitrogen and oxygen atoms in total. The summed E-state index contributed by atoms with van der Waals surface area (Å²) in [6.07, 6.45) is 0. The summed E-state index contributed by atoms with van der Waals surface area (Å²) in [4.78, 5) is 0. The van der Waals surface area contributed by atoms with E-state index in [0.717, 1.165) is 10.2 Å². The maximum absolute atomic E-state index is 3.72. The van der Waals surface area contributed by atoms with Crippen LogP contribution in [0.3, 0.4) is 0 Å². The number of halogens is 1. The van der Waals surface area contributed by atoms with Crippen LogP contribution in [0.4, 0.5) is 0 Å². The van der Waals surface area contributed by atoms with E-state index in [1.54, 1.807) is 0 Å². The molecule has 10 aromatic carbocycles. The van der Waals surface area contributed by atoms with Gasteiger partial charge in [0, 0.05) is 20.9 Å². The topological polar surface area (TPSA) is 4.93 Å². The minimum absolute atomic E-state index is 0.535. The highest BCUT2D eigenvalue weighted by Crippen LogP contribution is 2.58. The van der Waals surface area contributed by atoms with Crippen molar-refractivity contribution in [3.8, 4) is 39.1 Å². The van der Waals surface area contributed by atoms with Crippen LogP contribution in [0, 0.1) is 0 Å². The Hall–Kier alpha value is -7.00. The van der Waals surface area contributed by atoms with E-state index in [9.17, 15) is 0 Å². The second kappa shape index (κ2) is 13.3. The number of hydrogen-bond donors (Lipinski definition) is 0. The molecule has 0 atom stereocenters.